The molecule has 0 aliphatic heterocycles. The molecule has 0 unspecified atom stereocenters. The molecule has 0 radical (unpaired) electrons. The Morgan fingerprint density at radius 2 is 1.33 bits per heavy atom. The molecule has 0 aliphatic rings. The summed E-state index contributed by atoms with van der Waals surface area (Å²) < 4.78 is 57.3. The van der Waals surface area contributed by atoms with Crippen molar-refractivity contribution in [2.75, 3.05) is 31.3 Å². The summed E-state index contributed by atoms with van der Waals surface area (Å²) >= 11 is 0. The Labute approximate surface area is 239 Å². The highest BCUT2D eigenvalue weighted by Gasteiger charge is 2.25. The Hall–Kier alpha value is -5.00. The smallest absolute Gasteiger partial charge is 0.389 e. The number of unbranched alkanes of at least 4 members (excludes halogenated alkanes) is 1. The van der Waals surface area contributed by atoms with E-state index in [2.05, 4.69) is 0 Å². The highest BCUT2D eigenvalue weighted by molar-refractivity contribution is 5.92. The molecule has 0 bridgehead atoms. The molecule has 0 amide bonds. The predicted molar refractivity (Wildman–Crippen MR) is 149 cm³/mol. The summed E-state index contributed by atoms with van der Waals surface area (Å²) in [6, 6.07) is 16.7. The van der Waals surface area contributed by atoms with Gasteiger partial charge in [0.25, 0.3) is 0 Å². The lowest BCUT2D eigenvalue weighted by molar-refractivity contribution is -0.139. The number of esters is 3. The van der Waals surface area contributed by atoms with Crippen molar-refractivity contribution < 1.29 is 46.5 Å². The van der Waals surface area contributed by atoms with Crippen LogP contribution < -0.4 is 20.9 Å². The van der Waals surface area contributed by atoms with Crippen LogP contribution in [-0.2, 0) is 14.3 Å². The molecule has 42 heavy (non-hydrogen) atoms. The Morgan fingerprint density at radius 1 is 0.714 bits per heavy atom. The second-order valence-electron chi connectivity index (χ2n) is 8.93. The van der Waals surface area contributed by atoms with Crippen LogP contribution in [0.5, 0.6) is 11.5 Å². The normalized spacial score (nSPS) is 11.2. The van der Waals surface area contributed by atoms with Gasteiger partial charge < -0.3 is 30.4 Å². The van der Waals surface area contributed by atoms with Crippen molar-refractivity contribution in [1.29, 1.82) is 0 Å². The fraction of sp³-hybridized carbons (Fsp3) is 0.233. The number of benzene rings is 3. The van der Waals surface area contributed by atoms with Crippen molar-refractivity contribution in [3.05, 3.63) is 89.5 Å². The predicted octanol–water partition coefficient (Wildman–Crippen LogP) is 5.60. The minimum absolute atomic E-state index is 0.0195. The molecule has 0 aromatic heterocycles. The van der Waals surface area contributed by atoms with E-state index in [1.54, 1.807) is 24.3 Å². The summed E-state index contributed by atoms with van der Waals surface area (Å²) in [5.74, 6) is -1.21. The number of halogens is 3. The Balaban J connectivity index is 1.37. The highest BCUT2D eigenvalue weighted by Crippen LogP contribution is 2.23. The number of nitrogen functional groups attached to an aromatic ring is 2. The molecule has 3 aromatic carbocycles. The van der Waals surface area contributed by atoms with Crippen LogP contribution >= 0.6 is 0 Å². The third-order valence-electron chi connectivity index (χ3n) is 5.49. The standard InChI is InChI=1S/C30H29F3N2O7/c31-30(32,33)13-1-2-14-39-25-10-6-21(7-11-25)29(38)42-26-8-3-20(4-9-26)5-12-27(36)40-15-16-41-28(37)22-17-23(34)19-24(35)18-22/h3-12,17-19H,1-2,13-16,34-35H2. The molecular formula is C30H29F3N2O7. The van der Waals surface area contributed by atoms with Gasteiger partial charge in [0, 0.05) is 23.9 Å². The Bertz CT molecular complexity index is 1370. The van der Waals surface area contributed by atoms with E-state index in [0.29, 0.717) is 22.7 Å². The number of ether oxygens (including phenoxy) is 4. The number of hydrogen-bond acceptors (Lipinski definition) is 9. The van der Waals surface area contributed by atoms with Gasteiger partial charge in [-0.25, -0.2) is 14.4 Å². The van der Waals surface area contributed by atoms with E-state index in [-0.39, 0.29) is 49.5 Å². The van der Waals surface area contributed by atoms with Gasteiger partial charge in [-0.15, -0.1) is 0 Å². The fourth-order valence-corrected chi connectivity index (χ4v) is 3.48. The number of hydrogen-bond donors (Lipinski definition) is 2. The molecule has 0 saturated heterocycles. The molecule has 0 spiro atoms. The molecule has 12 heteroatoms. The van der Waals surface area contributed by atoms with Gasteiger partial charge in [0.1, 0.15) is 24.7 Å². The molecule has 0 aliphatic carbocycles. The third-order valence-corrected chi connectivity index (χ3v) is 5.49. The van der Waals surface area contributed by atoms with Gasteiger partial charge in [-0.2, -0.15) is 13.2 Å². The number of nitrogens with two attached hydrogens (primary N) is 2. The van der Waals surface area contributed by atoms with Crippen LogP contribution in [-0.4, -0.2) is 43.9 Å². The SMILES string of the molecule is Nc1cc(N)cc(C(=O)OCCOC(=O)C=Cc2ccc(OC(=O)c3ccc(OCCCCC(F)(F)F)cc3)cc2)c1. The van der Waals surface area contributed by atoms with Crippen LogP contribution in [0.1, 0.15) is 45.5 Å². The molecule has 0 fully saturated rings. The molecule has 0 saturated carbocycles. The lowest BCUT2D eigenvalue weighted by Crippen LogP contribution is -2.13. The average Bonchev–Trinajstić information content (AvgIpc) is 2.94. The quantitative estimate of drug-likeness (QED) is 0.0862. The van der Waals surface area contributed by atoms with E-state index < -0.39 is 30.5 Å². The van der Waals surface area contributed by atoms with Gasteiger partial charge >= 0.3 is 24.1 Å². The first-order valence-corrected chi connectivity index (χ1v) is 12.8. The first-order chi connectivity index (χ1) is 20.0. The second kappa shape index (κ2) is 15.1. The van der Waals surface area contributed by atoms with E-state index >= 15 is 0 Å². The van der Waals surface area contributed by atoms with Crippen LogP contribution in [0.2, 0.25) is 0 Å². The number of rotatable bonds is 13. The van der Waals surface area contributed by atoms with Crippen molar-refractivity contribution in [3.63, 3.8) is 0 Å². The largest absolute Gasteiger partial charge is 0.494 e. The lowest BCUT2D eigenvalue weighted by atomic mass is 10.2. The van der Waals surface area contributed by atoms with E-state index in [1.807, 2.05) is 0 Å². The summed E-state index contributed by atoms with van der Waals surface area (Å²) in [7, 11) is 0. The van der Waals surface area contributed by atoms with Crippen LogP contribution in [0.3, 0.4) is 0 Å². The van der Waals surface area contributed by atoms with Crippen molar-refractivity contribution in [2.24, 2.45) is 0 Å². The van der Waals surface area contributed by atoms with E-state index in [4.69, 9.17) is 30.4 Å². The maximum absolute atomic E-state index is 12.4. The molecule has 3 aromatic rings. The van der Waals surface area contributed by atoms with Crippen molar-refractivity contribution >= 4 is 35.4 Å². The summed E-state index contributed by atoms with van der Waals surface area (Å²) in [4.78, 5) is 36.4. The second-order valence-corrected chi connectivity index (χ2v) is 8.93. The minimum Gasteiger partial charge on any atom is -0.494 e. The Morgan fingerprint density at radius 3 is 1.98 bits per heavy atom. The zero-order chi connectivity index (χ0) is 30.5. The molecule has 3 rings (SSSR count). The van der Waals surface area contributed by atoms with Gasteiger partial charge in [0.05, 0.1) is 17.7 Å². The molecule has 0 heterocycles. The number of carbonyl (C=O) groups is 3. The maximum Gasteiger partial charge on any atom is 0.389 e. The topological polar surface area (TPSA) is 140 Å². The van der Waals surface area contributed by atoms with Gasteiger partial charge in [-0.05, 0) is 79.1 Å². The third kappa shape index (κ3) is 11.2. The number of anilines is 2. The highest BCUT2D eigenvalue weighted by atomic mass is 19.4. The summed E-state index contributed by atoms with van der Waals surface area (Å²) in [6.07, 6.45) is -2.10. The van der Waals surface area contributed by atoms with Gasteiger partial charge in [0.2, 0.25) is 0 Å². The zero-order valence-corrected chi connectivity index (χ0v) is 22.4. The van der Waals surface area contributed by atoms with E-state index in [9.17, 15) is 27.6 Å². The summed E-state index contributed by atoms with van der Waals surface area (Å²) in [6.45, 7) is -0.181. The molecule has 4 N–H and O–H groups in total. The fourth-order valence-electron chi connectivity index (χ4n) is 3.48. The van der Waals surface area contributed by atoms with E-state index in [1.165, 1.54) is 54.6 Å². The van der Waals surface area contributed by atoms with Crippen LogP contribution in [0.4, 0.5) is 24.5 Å². The van der Waals surface area contributed by atoms with Gasteiger partial charge in [-0.3, -0.25) is 0 Å². The monoisotopic (exact) mass is 586 g/mol. The summed E-state index contributed by atoms with van der Waals surface area (Å²) in [5, 5.41) is 0. The molecule has 0 atom stereocenters. The van der Waals surface area contributed by atoms with Crippen molar-refractivity contribution in [2.45, 2.75) is 25.4 Å². The van der Waals surface area contributed by atoms with Crippen LogP contribution in [0, 0.1) is 0 Å². The molecular weight excluding hydrogens is 557 g/mol. The first-order valence-electron chi connectivity index (χ1n) is 12.8. The average molecular weight is 587 g/mol. The summed E-state index contributed by atoms with van der Waals surface area (Å²) in [5.41, 5.74) is 13.0. The van der Waals surface area contributed by atoms with Crippen LogP contribution in [0.15, 0.2) is 72.8 Å². The minimum atomic E-state index is -4.18. The number of carbonyl (C=O) groups excluding carboxylic acids is 3. The maximum atomic E-state index is 12.4. The first kappa shape index (κ1) is 31.5. The molecule has 222 valence electrons. The van der Waals surface area contributed by atoms with Gasteiger partial charge in [0.15, 0.2) is 0 Å². The van der Waals surface area contributed by atoms with Crippen molar-refractivity contribution in [1.82, 2.24) is 0 Å². The van der Waals surface area contributed by atoms with Crippen molar-refractivity contribution in [3.8, 4) is 11.5 Å². The number of alkyl halides is 3. The van der Waals surface area contributed by atoms with E-state index in [0.717, 1.165) is 0 Å². The lowest BCUT2D eigenvalue weighted by Gasteiger charge is -2.09. The van der Waals surface area contributed by atoms with Gasteiger partial charge in [-0.1, -0.05) is 12.1 Å². The van der Waals surface area contributed by atoms with Crippen LogP contribution in [0.25, 0.3) is 6.08 Å². The molecule has 9 nitrogen and oxygen atoms in total. The Kier molecular flexibility index (Phi) is 11.4. The zero-order valence-electron chi connectivity index (χ0n) is 22.4.